The Morgan fingerprint density at radius 1 is 1.50 bits per heavy atom. The summed E-state index contributed by atoms with van der Waals surface area (Å²) in [6, 6.07) is 7.53. The van der Waals surface area contributed by atoms with Crippen LogP contribution < -0.4 is 10.5 Å². The fraction of sp³-hybridized carbons (Fsp3) is 0.500. The Morgan fingerprint density at radius 2 is 2.22 bits per heavy atom. The van der Waals surface area contributed by atoms with E-state index >= 15 is 0 Å². The van der Waals surface area contributed by atoms with Crippen LogP contribution in [0.2, 0.25) is 0 Å². The second-order valence-corrected chi connectivity index (χ2v) is 4.72. The van der Waals surface area contributed by atoms with Crippen molar-refractivity contribution < 1.29 is 9.53 Å². The monoisotopic (exact) mass is 248 g/mol. The number of carbonyl (C=O) groups is 1. The minimum absolute atomic E-state index is 0.0170. The highest BCUT2D eigenvalue weighted by Crippen LogP contribution is 2.36. The molecule has 2 rings (SSSR count). The molecule has 4 nitrogen and oxygen atoms in total. The van der Waals surface area contributed by atoms with E-state index in [-0.39, 0.29) is 11.9 Å². The SMILES string of the molecule is COc1ccccc1C1CCCN1C(=O)[C@@H](C)N. The van der Waals surface area contributed by atoms with E-state index in [0.717, 1.165) is 30.7 Å². The van der Waals surface area contributed by atoms with Crippen molar-refractivity contribution in [2.24, 2.45) is 5.73 Å². The molecule has 0 aromatic heterocycles. The summed E-state index contributed by atoms with van der Waals surface area (Å²) in [4.78, 5) is 14.0. The van der Waals surface area contributed by atoms with Crippen LogP contribution in [0.5, 0.6) is 5.75 Å². The third kappa shape index (κ3) is 2.34. The van der Waals surface area contributed by atoms with Gasteiger partial charge in [-0.3, -0.25) is 4.79 Å². The molecule has 0 spiro atoms. The highest BCUT2D eigenvalue weighted by molar-refractivity contribution is 5.82. The zero-order valence-corrected chi connectivity index (χ0v) is 10.9. The van der Waals surface area contributed by atoms with Crippen molar-refractivity contribution in [1.29, 1.82) is 0 Å². The third-order valence-electron chi connectivity index (χ3n) is 3.42. The number of carbonyl (C=O) groups excluding carboxylic acids is 1. The number of methoxy groups -OCH3 is 1. The van der Waals surface area contributed by atoms with Crippen LogP contribution in [0.25, 0.3) is 0 Å². The molecule has 1 aromatic carbocycles. The Kier molecular flexibility index (Phi) is 3.87. The largest absolute Gasteiger partial charge is 0.496 e. The van der Waals surface area contributed by atoms with Gasteiger partial charge in [0.15, 0.2) is 0 Å². The van der Waals surface area contributed by atoms with Crippen molar-refractivity contribution in [3.8, 4) is 5.75 Å². The van der Waals surface area contributed by atoms with Crippen LogP contribution in [-0.4, -0.2) is 30.5 Å². The molecule has 0 radical (unpaired) electrons. The van der Waals surface area contributed by atoms with Crippen LogP contribution >= 0.6 is 0 Å². The number of nitrogens with zero attached hydrogens (tertiary/aromatic N) is 1. The number of likely N-dealkylation sites (tertiary alicyclic amines) is 1. The number of amides is 1. The Balaban J connectivity index is 2.29. The van der Waals surface area contributed by atoms with E-state index in [1.165, 1.54) is 0 Å². The normalized spacial score (nSPS) is 20.8. The van der Waals surface area contributed by atoms with Crippen LogP contribution in [0.15, 0.2) is 24.3 Å². The van der Waals surface area contributed by atoms with E-state index in [0.29, 0.717) is 0 Å². The van der Waals surface area contributed by atoms with E-state index in [1.54, 1.807) is 14.0 Å². The van der Waals surface area contributed by atoms with Gasteiger partial charge in [-0.2, -0.15) is 0 Å². The lowest BCUT2D eigenvalue weighted by atomic mass is 10.0. The highest BCUT2D eigenvalue weighted by Gasteiger charge is 2.32. The molecule has 98 valence electrons. The number of rotatable bonds is 3. The molecule has 18 heavy (non-hydrogen) atoms. The highest BCUT2D eigenvalue weighted by atomic mass is 16.5. The van der Waals surface area contributed by atoms with Gasteiger partial charge in [-0.25, -0.2) is 0 Å². The van der Waals surface area contributed by atoms with Gasteiger partial charge in [0.1, 0.15) is 5.75 Å². The van der Waals surface area contributed by atoms with Gasteiger partial charge < -0.3 is 15.4 Å². The summed E-state index contributed by atoms with van der Waals surface area (Å²) in [5, 5.41) is 0. The Labute approximate surface area is 108 Å². The van der Waals surface area contributed by atoms with Crippen LogP contribution in [0, 0.1) is 0 Å². The standard InChI is InChI=1S/C14H20N2O2/c1-10(15)14(17)16-9-5-7-12(16)11-6-3-4-8-13(11)18-2/h3-4,6,8,10,12H,5,7,9,15H2,1-2H3/t10-,12?/m1/s1. The van der Waals surface area contributed by atoms with E-state index in [4.69, 9.17) is 10.5 Å². The summed E-state index contributed by atoms with van der Waals surface area (Å²) in [5.74, 6) is 0.857. The van der Waals surface area contributed by atoms with Gasteiger partial charge in [-0.15, -0.1) is 0 Å². The first-order valence-electron chi connectivity index (χ1n) is 6.34. The summed E-state index contributed by atoms with van der Waals surface area (Å²) in [6.07, 6.45) is 1.99. The van der Waals surface area contributed by atoms with Crippen LogP contribution in [0.3, 0.4) is 0 Å². The van der Waals surface area contributed by atoms with Crippen molar-refractivity contribution in [3.05, 3.63) is 29.8 Å². The van der Waals surface area contributed by atoms with Crippen molar-refractivity contribution in [3.63, 3.8) is 0 Å². The molecule has 1 heterocycles. The summed E-state index contributed by atoms with van der Waals surface area (Å²) in [7, 11) is 1.66. The molecule has 1 aliphatic heterocycles. The summed E-state index contributed by atoms with van der Waals surface area (Å²) in [6.45, 7) is 2.52. The minimum Gasteiger partial charge on any atom is -0.496 e. The molecular formula is C14H20N2O2. The molecule has 1 aromatic rings. The third-order valence-corrected chi connectivity index (χ3v) is 3.42. The molecular weight excluding hydrogens is 228 g/mol. The van der Waals surface area contributed by atoms with Gasteiger partial charge in [0, 0.05) is 12.1 Å². The lowest BCUT2D eigenvalue weighted by molar-refractivity contribution is -0.133. The van der Waals surface area contributed by atoms with Crippen molar-refractivity contribution in [1.82, 2.24) is 4.90 Å². The first kappa shape index (κ1) is 12.9. The van der Waals surface area contributed by atoms with Crippen molar-refractivity contribution >= 4 is 5.91 Å². The minimum atomic E-state index is -0.444. The maximum absolute atomic E-state index is 12.1. The second-order valence-electron chi connectivity index (χ2n) is 4.72. The Morgan fingerprint density at radius 3 is 2.89 bits per heavy atom. The fourth-order valence-electron chi connectivity index (χ4n) is 2.56. The van der Waals surface area contributed by atoms with Crippen LogP contribution in [0.1, 0.15) is 31.4 Å². The maximum atomic E-state index is 12.1. The number of benzene rings is 1. The number of nitrogens with two attached hydrogens (primary N) is 1. The van der Waals surface area contributed by atoms with E-state index in [2.05, 4.69) is 0 Å². The number of para-hydroxylation sites is 1. The lowest BCUT2D eigenvalue weighted by Gasteiger charge is -2.27. The molecule has 1 aliphatic rings. The smallest absolute Gasteiger partial charge is 0.239 e. The van der Waals surface area contributed by atoms with E-state index in [9.17, 15) is 4.79 Å². The summed E-state index contributed by atoms with van der Waals surface area (Å²) in [5.41, 5.74) is 6.78. The molecule has 0 aliphatic carbocycles. The van der Waals surface area contributed by atoms with Gasteiger partial charge in [-0.1, -0.05) is 18.2 Å². The molecule has 2 N–H and O–H groups in total. The Bertz CT molecular complexity index is 432. The Hall–Kier alpha value is -1.55. The first-order chi connectivity index (χ1) is 8.65. The van der Waals surface area contributed by atoms with Crippen LogP contribution in [-0.2, 0) is 4.79 Å². The van der Waals surface area contributed by atoms with Crippen LogP contribution in [0.4, 0.5) is 0 Å². The quantitative estimate of drug-likeness (QED) is 0.886. The van der Waals surface area contributed by atoms with Gasteiger partial charge in [0.2, 0.25) is 5.91 Å². The average Bonchev–Trinajstić information content (AvgIpc) is 2.86. The molecule has 4 heteroatoms. The molecule has 0 saturated carbocycles. The zero-order chi connectivity index (χ0) is 13.1. The first-order valence-corrected chi connectivity index (χ1v) is 6.34. The fourth-order valence-corrected chi connectivity index (χ4v) is 2.56. The topological polar surface area (TPSA) is 55.6 Å². The maximum Gasteiger partial charge on any atom is 0.239 e. The molecule has 0 bridgehead atoms. The molecule has 1 unspecified atom stereocenters. The van der Waals surface area contributed by atoms with E-state index < -0.39 is 6.04 Å². The second kappa shape index (κ2) is 5.40. The number of hydrogen-bond acceptors (Lipinski definition) is 3. The van der Waals surface area contributed by atoms with Crippen molar-refractivity contribution in [2.45, 2.75) is 31.8 Å². The van der Waals surface area contributed by atoms with Gasteiger partial charge in [-0.05, 0) is 25.8 Å². The summed E-state index contributed by atoms with van der Waals surface area (Å²) < 4.78 is 5.38. The molecule has 1 saturated heterocycles. The summed E-state index contributed by atoms with van der Waals surface area (Å²) >= 11 is 0. The number of ether oxygens (including phenoxy) is 1. The number of hydrogen-bond donors (Lipinski definition) is 1. The predicted octanol–water partition coefficient (Wildman–Crippen LogP) is 1.71. The average molecular weight is 248 g/mol. The van der Waals surface area contributed by atoms with Gasteiger partial charge in [0.05, 0.1) is 19.2 Å². The van der Waals surface area contributed by atoms with E-state index in [1.807, 2.05) is 29.2 Å². The zero-order valence-electron chi connectivity index (χ0n) is 10.9. The molecule has 1 fully saturated rings. The van der Waals surface area contributed by atoms with Gasteiger partial charge in [0.25, 0.3) is 0 Å². The molecule has 2 atom stereocenters. The van der Waals surface area contributed by atoms with Gasteiger partial charge >= 0.3 is 0 Å². The van der Waals surface area contributed by atoms with Crippen molar-refractivity contribution in [2.75, 3.05) is 13.7 Å². The molecule has 1 amide bonds. The predicted molar refractivity (Wildman–Crippen MR) is 70.3 cm³/mol. The lowest BCUT2D eigenvalue weighted by Crippen LogP contribution is -2.41.